The molecule has 0 amide bonds. The lowest BCUT2D eigenvalue weighted by Gasteiger charge is -2.06. The number of hydrogen-bond acceptors (Lipinski definition) is 1. The summed E-state index contributed by atoms with van der Waals surface area (Å²) in [7, 11) is 0. The largest absolute Gasteiger partial charge is 0.240 e. The molecule has 0 aliphatic rings. The van der Waals surface area contributed by atoms with Gasteiger partial charge in [0.05, 0.1) is 5.69 Å². The summed E-state index contributed by atoms with van der Waals surface area (Å²) in [5, 5.41) is 4.04. The van der Waals surface area contributed by atoms with E-state index in [-0.39, 0.29) is 5.82 Å². The van der Waals surface area contributed by atoms with Crippen LogP contribution in [0.5, 0.6) is 0 Å². The summed E-state index contributed by atoms with van der Waals surface area (Å²) in [4.78, 5) is 0. The van der Waals surface area contributed by atoms with Gasteiger partial charge >= 0.3 is 0 Å². The van der Waals surface area contributed by atoms with Gasteiger partial charge in [0.2, 0.25) is 0 Å². The minimum atomic E-state index is -0.284. The van der Waals surface area contributed by atoms with Gasteiger partial charge in [-0.2, -0.15) is 5.10 Å². The van der Waals surface area contributed by atoms with E-state index in [1.807, 2.05) is 0 Å². The summed E-state index contributed by atoms with van der Waals surface area (Å²) < 4.78 is 14.9. The van der Waals surface area contributed by atoms with Crippen molar-refractivity contribution < 1.29 is 4.39 Å². The van der Waals surface area contributed by atoms with E-state index in [9.17, 15) is 4.39 Å². The first-order valence-electron chi connectivity index (χ1n) is 4.24. The van der Waals surface area contributed by atoms with E-state index < -0.39 is 0 Å². The van der Waals surface area contributed by atoms with Crippen LogP contribution in [0.2, 0.25) is 0 Å². The number of halogens is 1. The van der Waals surface area contributed by atoms with Crippen molar-refractivity contribution in [2.75, 3.05) is 0 Å². The molecule has 0 spiro atoms. The summed E-state index contributed by atoms with van der Waals surface area (Å²) in [6.45, 7) is 3.58. The maximum atomic E-state index is 13.3. The minimum absolute atomic E-state index is 0.284. The molecule has 0 saturated carbocycles. The minimum Gasteiger partial charge on any atom is -0.240 e. The van der Waals surface area contributed by atoms with Gasteiger partial charge in [-0.3, -0.25) is 0 Å². The third-order valence-corrected chi connectivity index (χ3v) is 1.99. The highest BCUT2D eigenvalue weighted by Gasteiger charge is 2.05. The first kappa shape index (κ1) is 8.69. The SMILES string of the molecule is C=Cc1c(F)cccc1-n1cccn1. The zero-order valence-corrected chi connectivity index (χ0v) is 7.52. The van der Waals surface area contributed by atoms with Crippen LogP contribution < -0.4 is 0 Å². The number of benzene rings is 1. The predicted molar refractivity (Wildman–Crippen MR) is 53.6 cm³/mol. The molecule has 0 bridgehead atoms. The van der Waals surface area contributed by atoms with Crippen LogP contribution in [0.25, 0.3) is 11.8 Å². The Balaban J connectivity index is 2.64. The number of nitrogens with zero attached hydrogens (tertiary/aromatic N) is 2. The van der Waals surface area contributed by atoms with Gasteiger partial charge in [0.25, 0.3) is 0 Å². The molecule has 2 rings (SSSR count). The molecule has 2 nitrogen and oxygen atoms in total. The lowest BCUT2D eigenvalue weighted by atomic mass is 10.1. The molecule has 0 radical (unpaired) electrons. The Kier molecular flexibility index (Phi) is 2.14. The molecule has 0 atom stereocenters. The molecule has 1 aromatic carbocycles. The number of rotatable bonds is 2. The lowest BCUT2D eigenvalue weighted by Crippen LogP contribution is -1.98. The second-order valence-electron chi connectivity index (χ2n) is 2.83. The van der Waals surface area contributed by atoms with Gasteiger partial charge < -0.3 is 0 Å². The van der Waals surface area contributed by atoms with Crippen molar-refractivity contribution in [3.8, 4) is 5.69 Å². The van der Waals surface area contributed by atoms with Crippen molar-refractivity contribution in [3.63, 3.8) is 0 Å². The van der Waals surface area contributed by atoms with Crippen LogP contribution in [0.3, 0.4) is 0 Å². The molecule has 1 aromatic heterocycles. The summed E-state index contributed by atoms with van der Waals surface area (Å²) >= 11 is 0. The van der Waals surface area contributed by atoms with E-state index in [0.717, 1.165) is 0 Å². The van der Waals surface area contributed by atoms with Gasteiger partial charge in [0.1, 0.15) is 5.82 Å². The Labute approximate surface area is 81.3 Å². The predicted octanol–water partition coefficient (Wildman–Crippen LogP) is 2.65. The Morgan fingerprint density at radius 1 is 1.36 bits per heavy atom. The van der Waals surface area contributed by atoms with Crippen LogP contribution in [0.4, 0.5) is 4.39 Å². The second kappa shape index (κ2) is 3.46. The van der Waals surface area contributed by atoms with Crippen LogP contribution in [-0.4, -0.2) is 9.78 Å². The molecule has 0 fully saturated rings. The normalized spacial score (nSPS) is 10.1. The molecule has 0 aliphatic carbocycles. The van der Waals surface area contributed by atoms with Crippen molar-refractivity contribution in [1.29, 1.82) is 0 Å². The van der Waals surface area contributed by atoms with Crippen molar-refractivity contribution in [2.45, 2.75) is 0 Å². The van der Waals surface area contributed by atoms with Crippen molar-refractivity contribution in [1.82, 2.24) is 9.78 Å². The first-order chi connectivity index (χ1) is 6.83. The van der Waals surface area contributed by atoms with Crippen molar-refractivity contribution in [2.24, 2.45) is 0 Å². The molecule has 14 heavy (non-hydrogen) atoms. The molecule has 0 N–H and O–H groups in total. The second-order valence-corrected chi connectivity index (χ2v) is 2.83. The van der Waals surface area contributed by atoms with E-state index in [4.69, 9.17) is 0 Å². The van der Waals surface area contributed by atoms with Gasteiger partial charge in [-0.1, -0.05) is 18.7 Å². The fourth-order valence-electron chi connectivity index (χ4n) is 1.34. The fraction of sp³-hybridized carbons (Fsp3) is 0. The maximum absolute atomic E-state index is 13.3. The summed E-state index contributed by atoms with van der Waals surface area (Å²) in [5.74, 6) is -0.284. The van der Waals surface area contributed by atoms with Gasteiger partial charge in [-0.25, -0.2) is 9.07 Å². The Morgan fingerprint density at radius 3 is 2.86 bits per heavy atom. The van der Waals surface area contributed by atoms with Crippen molar-refractivity contribution in [3.05, 3.63) is 54.6 Å². The summed E-state index contributed by atoms with van der Waals surface area (Å²) in [5.41, 5.74) is 1.17. The zero-order chi connectivity index (χ0) is 9.97. The Morgan fingerprint density at radius 2 is 2.21 bits per heavy atom. The number of hydrogen-bond donors (Lipinski definition) is 0. The van der Waals surface area contributed by atoms with Crippen molar-refractivity contribution >= 4 is 6.08 Å². The summed E-state index contributed by atoms with van der Waals surface area (Å²) in [6, 6.07) is 6.65. The van der Waals surface area contributed by atoms with Gasteiger partial charge in [-0.15, -0.1) is 0 Å². The van der Waals surface area contributed by atoms with Crippen LogP contribution in [0.15, 0.2) is 43.2 Å². The molecule has 0 unspecified atom stereocenters. The van der Waals surface area contributed by atoms with E-state index in [2.05, 4.69) is 11.7 Å². The van der Waals surface area contributed by atoms with E-state index in [0.29, 0.717) is 11.3 Å². The molecule has 0 aliphatic heterocycles. The van der Waals surface area contributed by atoms with Crippen LogP contribution in [0.1, 0.15) is 5.56 Å². The number of aromatic nitrogens is 2. The smallest absolute Gasteiger partial charge is 0.132 e. The highest BCUT2D eigenvalue weighted by molar-refractivity contribution is 5.59. The molecular weight excluding hydrogens is 179 g/mol. The van der Waals surface area contributed by atoms with Crippen LogP contribution >= 0.6 is 0 Å². The van der Waals surface area contributed by atoms with E-state index in [1.54, 1.807) is 35.3 Å². The Bertz CT molecular complexity index is 446. The lowest BCUT2D eigenvalue weighted by molar-refractivity contribution is 0.622. The highest BCUT2D eigenvalue weighted by atomic mass is 19.1. The quantitative estimate of drug-likeness (QED) is 0.708. The molecule has 1 heterocycles. The average Bonchev–Trinajstić information content (AvgIpc) is 2.70. The third-order valence-electron chi connectivity index (χ3n) is 1.99. The third kappa shape index (κ3) is 1.33. The topological polar surface area (TPSA) is 17.8 Å². The van der Waals surface area contributed by atoms with Gasteiger partial charge in [0, 0.05) is 18.0 Å². The van der Waals surface area contributed by atoms with E-state index in [1.165, 1.54) is 12.1 Å². The zero-order valence-electron chi connectivity index (χ0n) is 7.52. The fourth-order valence-corrected chi connectivity index (χ4v) is 1.34. The van der Waals surface area contributed by atoms with Gasteiger partial charge in [0.15, 0.2) is 0 Å². The van der Waals surface area contributed by atoms with E-state index >= 15 is 0 Å². The molecule has 2 aromatic rings. The average molecular weight is 188 g/mol. The summed E-state index contributed by atoms with van der Waals surface area (Å²) in [6.07, 6.45) is 4.91. The highest BCUT2D eigenvalue weighted by Crippen LogP contribution is 2.17. The van der Waals surface area contributed by atoms with Gasteiger partial charge in [-0.05, 0) is 18.2 Å². The van der Waals surface area contributed by atoms with Crippen LogP contribution in [-0.2, 0) is 0 Å². The molecule has 0 saturated heterocycles. The molecule has 70 valence electrons. The Hall–Kier alpha value is -1.90. The first-order valence-corrected chi connectivity index (χ1v) is 4.24. The maximum Gasteiger partial charge on any atom is 0.132 e. The van der Waals surface area contributed by atoms with Crippen LogP contribution in [0, 0.1) is 5.82 Å². The molecular formula is C11H9FN2. The monoisotopic (exact) mass is 188 g/mol. The standard InChI is InChI=1S/C11H9FN2/c1-2-9-10(12)5-3-6-11(9)14-8-4-7-13-14/h2-8H,1H2. The molecule has 3 heteroatoms.